The van der Waals surface area contributed by atoms with Crippen LogP contribution in [0.15, 0.2) is 66.2 Å². The van der Waals surface area contributed by atoms with Crippen molar-refractivity contribution < 1.29 is 4.79 Å². The first-order valence-electron chi connectivity index (χ1n) is 10.9. The number of hydrogen-bond donors (Lipinski definition) is 0. The summed E-state index contributed by atoms with van der Waals surface area (Å²) >= 11 is 0. The van der Waals surface area contributed by atoms with E-state index in [0.717, 1.165) is 30.0 Å². The molecule has 0 bridgehead atoms. The zero-order chi connectivity index (χ0) is 21.8. The highest BCUT2D eigenvalue weighted by Crippen LogP contribution is 2.49. The van der Waals surface area contributed by atoms with Crippen LogP contribution in [0.1, 0.15) is 37.5 Å². The molecule has 0 aliphatic heterocycles. The number of aromatic nitrogens is 2. The van der Waals surface area contributed by atoms with E-state index in [-0.39, 0.29) is 23.2 Å². The van der Waals surface area contributed by atoms with Crippen molar-refractivity contribution in [2.45, 2.75) is 39.0 Å². The smallest absolute Gasteiger partial charge is 0.176 e. The number of carbonyl (C=O) groups is 1. The highest BCUT2D eigenvalue weighted by atomic mass is 16.1. The van der Waals surface area contributed by atoms with Crippen molar-refractivity contribution in [3.05, 3.63) is 83.5 Å². The van der Waals surface area contributed by atoms with Crippen molar-refractivity contribution >= 4 is 5.78 Å². The minimum atomic E-state index is -0.397. The Morgan fingerprint density at radius 3 is 2.45 bits per heavy atom. The van der Waals surface area contributed by atoms with Gasteiger partial charge in [-0.2, -0.15) is 5.26 Å². The van der Waals surface area contributed by atoms with Gasteiger partial charge in [-0.3, -0.25) is 4.79 Å². The minimum Gasteiger partial charge on any atom is -0.301 e. The zero-order valence-corrected chi connectivity index (χ0v) is 18.1. The highest BCUT2D eigenvalue weighted by Gasteiger charge is 2.50. The van der Waals surface area contributed by atoms with Crippen molar-refractivity contribution in [3.8, 4) is 22.9 Å². The van der Waals surface area contributed by atoms with Gasteiger partial charge in [-0.05, 0) is 48.9 Å². The van der Waals surface area contributed by atoms with Gasteiger partial charge in [0.1, 0.15) is 11.9 Å². The van der Waals surface area contributed by atoms with Crippen LogP contribution in [0.25, 0.3) is 16.8 Å². The van der Waals surface area contributed by atoms with Crippen molar-refractivity contribution in [1.29, 1.82) is 5.26 Å². The molecule has 0 saturated heterocycles. The molecule has 2 aliphatic rings. The number of aryl methyl sites for hydroxylation is 1. The van der Waals surface area contributed by atoms with E-state index in [1.165, 1.54) is 16.8 Å². The van der Waals surface area contributed by atoms with Crippen molar-refractivity contribution in [2.24, 2.45) is 11.8 Å². The van der Waals surface area contributed by atoms with Gasteiger partial charge in [0.05, 0.1) is 11.3 Å². The van der Waals surface area contributed by atoms with Gasteiger partial charge in [-0.15, -0.1) is 0 Å². The molecule has 0 amide bonds. The van der Waals surface area contributed by atoms with E-state index in [1.54, 1.807) is 0 Å². The average molecular weight is 408 g/mol. The molecule has 3 aromatic rings. The molecule has 0 unspecified atom stereocenters. The number of rotatable bonds is 2. The number of fused-ring (bicyclic) bond motifs is 3. The molecule has 31 heavy (non-hydrogen) atoms. The lowest BCUT2D eigenvalue weighted by Crippen LogP contribution is -2.45. The summed E-state index contributed by atoms with van der Waals surface area (Å²) in [7, 11) is 0. The van der Waals surface area contributed by atoms with Gasteiger partial charge in [0, 0.05) is 22.7 Å². The normalized spacial score (nSPS) is 24.7. The number of nitrogens with zero attached hydrogens (tertiary/aromatic N) is 3. The molecule has 0 spiro atoms. The highest BCUT2D eigenvalue weighted by molar-refractivity contribution is 6.02. The molecule has 2 aliphatic carbocycles. The molecule has 0 N–H and O–H groups in total. The summed E-state index contributed by atoms with van der Waals surface area (Å²) in [5.41, 5.74) is 5.56. The Balaban J connectivity index is 1.60. The number of nitriles is 1. The average Bonchev–Trinajstić information content (AvgIpc) is 3.14. The lowest BCUT2D eigenvalue weighted by Gasteiger charge is -2.44. The summed E-state index contributed by atoms with van der Waals surface area (Å²) < 4.78 is 2.24. The van der Waals surface area contributed by atoms with Crippen LogP contribution in [-0.2, 0) is 16.6 Å². The molecule has 0 saturated carbocycles. The maximum atomic E-state index is 12.6. The van der Waals surface area contributed by atoms with Crippen LogP contribution in [0.4, 0.5) is 0 Å². The lowest BCUT2D eigenvalue weighted by molar-refractivity contribution is -0.121. The van der Waals surface area contributed by atoms with Crippen LogP contribution in [0.3, 0.4) is 0 Å². The molecule has 4 heteroatoms. The predicted octanol–water partition coefficient (Wildman–Crippen LogP) is 5.34. The van der Waals surface area contributed by atoms with Gasteiger partial charge in [-0.1, -0.05) is 62.4 Å². The lowest BCUT2D eigenvalue weighted by atomic mass is 9.58. The summed E-state index contributed by atoms with van der Waals surface area (Å²) in [5.74, 6) is 0.929. The fourth-order valence-corrected chi connectivity index (χ4v) is 5.61. The summed E-state index contributed by atoms with van der Waals surface area (Å²) in [6.07, 6.45) is 3.68. The van der Waals surface area contributed by atoms with Gasteiger partial charge < -0.3 is 4.57 Å². The molecular weight excluding hydrogens is 382 g/mol. The topological polar surface area (TPSA) is 58.7 Å². The monoisotopic (exact) mass is 407 g/mol. The van der Waals surface area contributed by atoms with Gasteiger partial charge in [0.25, 0.3) is 0 Å². The predicted molar refractivity (Wildman–Crippen MR) is 121 cm³/mol. The molecule has 2 aromatic carbocycles. The largest absolute Gasteiger partial charge is 0.301 e. The van der Waals surface area contributed by atoms with Crippen molar-refractivity contribution in [1.82, 2.24) is 9.55 Å². The van der Waals surface area contributed by atoms with E-state index in [0.29, 0.717) is 0 Å². The van der Waals surface area contributed by atoms with Crippen LogP contribution in [-0.4, -0.2) is 15.3 Å². The van der Waals surface area contributed by atoms with E-state index < -0.39 is 5.41 Å². The molecule has 3 atom stereocenters. The van der Waals surface area contributed by atoms with E-state index in [4.69, 9.17) is 4.98 Å². The van der Waals surface area contributed by atoms with E-state index >= 15 is 0 Å². The fourth-order valence-electron chi connectivity index (χ4n) is 5.61. The number of carbonyl (C=O) groups excluding carboxylic acids is 1. The molecule has 154 valence electrons. The second kappa shape index (κ2) is 7.06. The second-order valence-electron chi connectivity index (χ2n) is 8.95. The van der Waals surface area contributed by atoms with Crippen LogP contribution < -0.4 is 0 Å². The van der Waals surface area contributed by atoms with Crippen LogP contribution in [0.2, 0.25) is 0 Å². The van der Waals surface area contributed by atoms with Crippen LogP contribution >= 0.6 is 0 Å². The Morgan fingerprint density at radius 1 is 1.10 bits per heavy atom. The quantitative estimate of drug-likeness (QED) is 0.576. The van der Waals surface area contributed by atoms with Gasteiger partial charge in [0.15, 0.2) is 5.78 Å². The number of ketones is 1. The Labute approximate surface area is 182 Å². The number of allylic oxidation sites excluding steroid dienone is 2. The first-order chi connectivity index (χ1) is 14.9. The number of benzene rings is 2. The van der Waals surface area contributed by atoms with Crippen LogP contribution in [0, 0.1) is 30.1 Å². The first-order valence-corrected chi connectivity index (χ1v) is 10.9. The van der Waals surface area contributed by atoms with Gasteiger partial charge in [0.2, 0.25) is 0 Å². The molecule has 1 aromatic heterocycles. The summed E-state index contributed by atoms with van der Waals surface area (Å²) in [6.45, 7) is 6.14. The minimum absolute atomic E-state index is 0.0268. The van der Waals surface area contributed by atoms with Gasteiger partial charge in [-0.25, -0.2) is 4.98 Å². The van der Waals surface area contributed by atoms with Crippen LogP contribution in [0.5, 0.6) is 0 Å². The SMILES string of the molecule is Cc1nc2c(n1-c1ccc(-c3ccccc3)cc1)CC[C@H]1[C@H](C)C(=O)C(C#N)=C[C@]21C. The number of hydrogen-bond acceptors (Lipinski definition) is 3. The third-order valence-electron chi connectivity index (χ3n) is 7.19. The first kappa shape index (κ1) is 19.5. The Hall–Kier alpha value is -3.45. The standard InChI is InChI=1S/C27H25N3O/c1-17-23-13-14-24-26(27(23,3)15-21(16-28)25(17)31)29-18(2)30(24)22-11-9-20(10-12-22)19-7-5-4-6-8-19/h4-12,15,17,23H,13-14H2,1-3H3/t17-,23-,27-/m0/s1. The molecule has 5 rings (SSSR count). The molecule has 0 fully saturated rings. The Bertz CT molecular complexity index is 1240. The molecular formula is C27H25N3O. The molecule has 0 radical (unpaired) electrons. The van der Waals surface area contributed by atoms with E-state index in [2.05, 4.69) is 66.1 Å². The zero-order valence-electron chi connectivity index (χ0n) is 18.1. The number of Topliss-reactive ketones (excluding diaryl/α,β-unsaturated/α-hetero) is 1. The Morgan fingerprint density at radius 2 is 1.77 bits per heavy atom. The third kappa shape index (κ3) is 2.88. The summed E-state index contributed by atoms with van der Waals surface area (Å²) in [6, 6.07) is 21.1. The fraction of sp³-hybridized carbons (Fsp3) is 0.296. The van der Waals surface area contributed by atoms with Crippen molar-refractivity contribution in [3.63, 3.8) is 0 Å². The summed E-state index contributed by atoms with van der Waals surface area (Å²) in [5, 5.41) is 9.52. The second-order valence-corrected chi connectivity index (χ2v) is 8.95. The third-order valence-corrected chi connectivity index (χ3v) is 7.19. The van der Waals surface area contributed by atoms with Crippen molar-refractivity contribution in [2.75, 3.05) is 0 Å². The summed E-state index contributed by atoms with van der Waals surface area (Å²) in [4.78, 5) is 17.6. The van der Waals surface area contributed by atoms with Gasteiger partial charge >= 0.3 is 0 Å². The van der Waals surface area contributed by atoms with E-state index in [1.807, 2.05) is 26.0 Å². The Kier molecular flexibility index (Phi) is 4.44. The molecule has 1 heterocycles. The maximum Gasteiger partial charge on any atom is 0.176 e. The van der Waals surface area contributed by atoms with E-state index in [9.17, 15) is 10.1 Å². The number of imidazole rings is 1. The maximum absolute atomic E-state index is 12.6. The molecule has 4 nitrogen and oxygen atoms in total.